The maximum atomic E-state index is 12.8. The third kappa shape index (κ3) is 6.54. The summed E-state index contributed by atoms with van der Waals surface area (Å²) in [4.78, 5) is 38.6. The molecular weight excluding hydrogens is 479 g/mol. The van der Waals surface area contributed by atoms with Gasteiger partial charge in [0.2, 0.25) is 11.8 Å². The molecule has 11 heteroatoms. The lowest BCUT2D eigenvalue weighted by molar-refractivity contribution is -0.137. The first-order valence-electron chi connectivity index (χ1n) is 11.6. The van der Waals surface area contributed by atoms with Crippen LogP contribution >= 0.6 is 0 Å². The van der Waals surface area contributed by atoms with Gasteiger partial charge in [0.05, 0.1) is 17.6 Å². The minimum absolute atomic E-state index is 0.00989. The average molecular weight is 505 g/mol. The number of hydrogen-bond acceptors (Lipinski definition) is 5. The van der Waals surface area contributed by atoms with Gasteiger partial charge in [-0.1, -0.05) is 6.07 Å². The highest BCUT2D eigenvalue weighted by Gasteiger charge is 2.35. The number of carbonyl (C=O) groups is 3. The maximum Gasteiger partial charge on any atom is 0.416 e. The molecule has 2 aliphatic rings. The zero-order valence-electron chi connectivity index (χ0n) is 19.3. The summed E-state index contributed by atoms with van der Waals surface area (Å²) in [7, 11) is 0. The van der Waals surface area contributed by atoms with Gasteiger partial charge in [-0.25, -0.2) is 0 Å². The van der Waals surface area contributed by atoms with E-state index in [4.69, 9.17) is 9.47 Å². The van der Waals surface area contributed by atoms with E-state index in [-0.39, 0.29) is 36.6 Å². The molecule has 2 saturated heterocycles. The van der Waals surface area contributed by atoms with E-state index in [0.717, 1.165) is 25.0 Å². The summed E-state index contributed by atoms with van der Waals surface area (Å²) in [6.45, 7) is 0.994. The molecule has 2 atom stereocenters. The van der Waals surface area contributed by atoms with Crippen molar-refractivity contribution in [2.75, 3.05) is 36.5 Å². The van der Waals surface area contributed by atoms with Gasteiger partial charge in [-0.3, -0.25) is 14.4 Å². The van der Waals surface area contributed by atoms with Crippen molar-refractivity contribution in [1.29, 1.82) is 0 Å². The predicted molar refractivity (Wildman–Crippen MR) is 124 cm³/mol. The Morgan fingerprint density at radius 3 is 2.61 bits per heavy atom. The molecule has 2 aliphatic heterocycles. The van der Waals surface area contributed by atoms with Crippen LogP contribution in [0.4, 0.5) is 24.5 Å². The Kier molecular flexibility index (Phi) is 7.78. The number of nitrogens with one attached hydrogen (secondary N) is 2. The van der Waals surface area contributed by atoms with Crippen molar-refractivity contribution in [1.82, 2.24) is 5.32 Å². The summed E-state index contributed by atoms with van der Waals surface area (Å²) in [5.41, 5.74) is -0.262. The second-order valence-electron chi connectivity index (χ2n) is 8.69. The van der Waals surface area contributed by atoms with Gasteiger partial charge in [0, 0.05) is 37.5 Å². The minimum atomic E-state index is -4.51. The monoisotopic (exact) mass is 505 g/mol. The molecule has 0 spiro atoms. The van der Waals surface area contributed by atoms with Crippen LogP contribution in [0, 0.1) is 5.92 Å². The van der Waals surface area contributed by atoms with Crippen LogP contribution in [-0.2, 0) is 25.3 Å². The van der Waals surface area contributed by atoms with Gasteiger partial charge >= 0.3 is 6.18 Å². The number of carbonyl (C=O) groups excluding carboxylic acids is 3. The van der Waals surface area contributed by atoms with Crippen LogP contribution < -0.4 is 20.3 Å². The summed E-state index contributed by atoms with van der Waals surface area (Å²) in [5.74, 6) is -1.07. The van der Waals surface area contributed by atoms with E-state index in [2.05, 4.69) is 10.6 Å². The highest BCUT2D eigenvalue weighted by molar-refractivity contribution is 6.00. The van der Waals surface area contributed by atoms with E-state index >= 15 is 0 Å². The number of anilines is 2. The molecule has 0 aromatic heterocycles. The van der Waals surface area contributed by atoms with Crippen LogP contribution in [0.5, 0.6) is 5.75 Å². The Hall–Kier alpha value is -3.60. The van der Waals surface area contributed by atoms with E-state index < -0.39 is 30.2 Å². The number of ether oxygens (including phenoxy) is 2. The molecule has 0 radical (unpaired) electrons. The van der Waals surface area contributed by atoms with Gasteiger partial charge < -0.3 is 25.0 Å². The summed E-state index contributed by atoms with van der Waals surface area (Å²) in [6.07, 6.45) is -2.47. The molecule has 8 nitrogen and oxygen atoms in total. The fraction of sp³-hybridized carbons (Fsp3) is 0.400. The zero-order chi connectivity index (χ0) is 25.7. The van der Waals surface area contributed by atoms with E-state index in [9.17, 15) is 27.6 Å². The Labute approximate surface area is 205 Å². The smallest absolute Gasteiger partial charge is 0.416 e. The van der Waals surface area contributed by atoms with Crippen LogP contribution in [0.25, 0.3) is 0 Å². The van der Waals surface area contributed by atoms with Gasteiger partial charge in [0.1, 0.15) is 5.75 Å². The third-order valence-electron chi connectivity index (χ3n) is 6.02. The van der Waals surface area contributed by atoms with Gasteiger partial charge in [0.15, 0.2) is 6.61 Å². The quantitative estimate of drug-likeness (QED) is 0.574. The molecule has 0 unspecified atom stereocenters. The van der Waals surface area contributed by atoms with E-state index in [1.54, 1.807) is 24.3 Å². The Balaban J connectivity index is 1.25. The van der Waals surface area contributed by atoms with Crippen LogP contribution in [0.1, 0.15) is 24.8 Å². The first-order valence-corrected chi connectivity index (χ1v) is 11.6. The molecule has 3 amide bonds. The van der Waals surface area contributed by atoms with Crippen molar-refractivity contribution >= 4 is 29.1 Å². The van der Waals surface area contributed by atoms with Gasteiger partial charge in [-0.15, -0.1) is 0 Å². The molecule has 192 valence electrons. The van der Waals surface area contributed by atoms with Crippen LogP contribution in [0.2, 0.25) is 0 Å². The molecule has 2 heterocycles. The largest absolute Gasteiger partial charge is 0.484 e. The lowest BCUT2D eigenvalue weighted by Gasteiger charge is -2.18. The molecule has 0 bridgehead atoms. The second kappa shape index (κ2) is 11.0. The molecule has 4 rings (SSSR count). The van der Waals surface area contributed by atoms with Crippen molar-refractivity contribution in [3.05, 3.63) is 54.1 Å². The predicted octanol–water partition coefficient (Wildman–Crippen LogP) is 3.37. The fourth-order valence-corrected chi connectivity index (χ4v) is 4.14. The van der Waals surface area contributed by atoms with Crippen molar-refractivity contribution in [2.45, 2.75) is 31.5 Å². The van der Waals surface area contributed by atoms with Crippen LogP contribution in [0.15, 0.2) is 48.5 Å². The normalized spacial score (nSPS) is 19.9. The fourth-order valence-electron chi connectivity index (χ4n) is 4.14. The average Bonchev–Trinajstić information content (AvgIpc) is 3.51. The van der Waals surface area contributed by atoms with E-state index in [1.165, 1.54) is 17.0 Å². The van der Waals surface area contributed by atoms with Gasteiger partial charge in [0.25, 0.3) is 5.91 Å². The van der Waals surface area contributed by atoms with Crippen molar-refractivity contribution in [3.8, 4) is 5.75 Å². The molecule has 0 saturated carbocycles. The van der Waals surface area contributed by atoms with Crippen molar-refractivity contribution < 1.29 is 37.0 Å². The minimum Gasteiger partial charge on any atom is -0.484 e. The lowest BCUT2D eigenvalue weighted by atomic mass is 10.1. The number of amides is 3. The Morgan fingerprint density at radius 2 is 1.92 bits per heavy atom. The molecule has 2 aromatic rings. The number of rotatable bonds is 8. The Bertz CT molecular complexity index is 1100. The standard InChI is InChI=1S/C25H26F3N3O5/c26-25(27,28)17-3-1-4-18(12-17)30-22(32)15-36-20-8-6-19(7-9-20)31-14-16(11-23(31)33)24(34)29-13-21-5-2-10-35-21/h1,3-4,6-9,12,16,21H,2,5,10-11,13-15H2,(H,29,34)(H,30,32)/t16-,21-/m1/s1. The molecule has 2 N–H and O–H groups in total. The maximum absolute atomic E-state index is 12.8. The van der Waals surface area contributed by atoms with Crippen molar-refractivity contribution in [3.63, 3.8) is 0 Å². The molecule has 2 fully saturated rings. The number of hydrogen-bond donors (Lipinski definition) is 2. The summed E-state index contributed by atoms with van der Waals surface area (Å²) in [5, 5.41) is 5.23. The highest BCUT2D eigenvalue weighted by Crippen LogP contribution is 2.31. The summed E-state index contributed by atoms with van der Waals surface area (Å²) in [6, 6.07) is 10.8. The van der Waals surface area contributed by atoms with E-state index in [1.807, 2.05) is 0 Å². The number of benzene rings is 2. The highest BCUT2D eigenvalue weighted by atomic mass is 19.4. The van der Waals surface area contributed by atoms with Crippen LogP contribution in [-0.4, -0.2) is 50.1 Å². The number of nitrogens with zero attached hydrogens (tertiary/aromatic N) is 1. The third-order valence-corrected chi connectivity index (χ3v) is 6.02. The molecular formula is C25H26F3N3O5. The summed E-state index contributed by atoms with van der Waals surface area (Å²) < 4.78 is 49.3. The number of halogens is 3. The van der Waals surface area contributed by atoms with E-state index in [0.29, 0.717) is 24.6 Å². The second-order valence-corrected chi connectivity index (χ2v) is 8.69. The van der Waals surface area contributed by atoms with Gasteiger partial charge in [-0.2, -0.15) is 13.2 Å². The Morgan fingerprint density at radius 1 is 1.14 bits per heavy atom. The first-order chi connectivity index (χ1) is 17.2. The molecule has 2 aromatic carbocycles. The number of alkyl halides is 3. The topological polar surface area (TPSA) is 97.0 Å². The summed E-state index contributed by atoms with van der Waals surface area (Å²) >= 11 is 0. The molecule has 36 heavy (non-hydrogen) atoms. The van der Waals surface area contributed by atoms with Crippen LogP contribution in [0.3, 0.4) is 0 Å². The first kappa shape index (κ1) is 25.5. The zero-order valence-corrected chi connectivity index (χ0v) is 19.3. The SMILES string of the molecule is O=C(COc1ccc(N2C[C@H](C(=O)NC[C@H]3CCCO3)CC2=O)cc1)Nc1cccc(C(F)(F)F)c1. The molecule has 0 aliphatic carbocycles. The lowest BCUT2D eigenvalue weighted by Crippen LogP contribution is -2.37. The van der Waals surface area contributed by atoms with Gasteiger partial charge in [-0.05, 0) is 55.3 Å². The van der Waals surface area contributed by atoms with Crippen molar-refractivity contribution in [2.24, 2.45) is 5.92 Å².